The van der Waals surface area contributed by atoms with E-state index in [-0.39, 0.29) is 0 Å². The molecule has 1 heteroatoms. The van der Waals surface area contributed by atoms with Gasteiger partial charge in [0, 0.05) is 6.42 Å². The monoisotopic (exact) mass is 230 g/mol. The predicted molar refractivity (Wildman–Crippen MR) is 73.8 cm³/mol. The summed E-state index contributed by atoms with van der Waals surface area (Å²) < 4.78 is 0. The van der Waals surface area contributed by atoms with Crippen LogP contribution in [0.25, 0.3) is 0 Å². The van der Waals surface area contributed by atoms with Gasteiger partial charge < -0.3 is 5.11 Å². The highest BCUT2D eigenvalue weighted by atomic mass is 16.3. The van der Waals surface area contributed by atoms with E-state index in [2.05, 4.69) is 20.1 Å². The Kier molecular flexibility index (Phi) is 5.17. The molecule has 0 bridgehead atoms. The van der Waals surface area contributed by atoms with Crippen LogP contribution in [0.1, 0.15) is 38.2 Å². The van der Waals surface area contributed by atoms with E-state index in [9.17, 15) is 5.11 Å². The average Bonchev–Trinajstić information content (AvgIpc) is 2.37. The van der Waals surface area contributed by atoms with Gasteiger partial charge >= 0.3 is 0 Å². The molecule has 17 heavy (non-hydrogen) atoms. The molecule has 0 heterocycles. The molecular formula is C16H22O. The Labute approximate surface area is 104 Å². The second-order valence-corrected chi connectivity index (χ2v) is 4.43. The Bertz CT molecular complexity index is 366. The lowest BCUT2D eigenvalue weighted by molar-refractivity contribution is 0.0759. The summed E-state index contributed by atoms with van der Waals surface area (Å²) in [5.41, 5.74) is 0.824. The Hall–Kier alpha value is -1.34. The number of benzene rings is 1. The summed E-state index contributed by atoms with van der Waals surface area (Å²) in [7, 11) is 0. The van der Waals surface area contributed by atoms with E-state index in [1.807, 2.05) is 30.3 Å². The summed E-state index contributed by atoms with van der Waals surface area (Å²) in [5, 5.41) is 10.8. The zero-order chi connectivity index (χ0) is 12.7. The van der Waals surface area contributed by atoms with Gasteiger partial charge in [0.1, 0.15) is 5.60 Å². The Morgan fingerprint density at radius 1 is 1.35 bits per heavy atom. The lowest BCUT2D eigenvalue weighted by Gasteiger charge is -2.30. The van der Waals surface area contributed by atoms with Crippen molar-refractivity contribution in [3.05, 3.63) is 60.7 Å². The van der Waals surface area contributed by atoms with Gasteiger partial charge in [-0.25, -0.2) is 0 Å². The average molecular weight is 230 g/mol. The summed E-state index contributed by atoms with van der Waals surface area (Å²) in [6.07, 6.45) is 5.29. The first-order valence-electron chi connectivity index (χ1n) is 6.22. The van der Waals surface area contributed by atoms with Gasteiger partial charge in [-0.2, -0.15) is 0 Å². The smallest absolute Gasteiger partial charge is 0.114 e. The Morgan fingerprint density at radius 3 is 2.53 bits per heavy atom. The second-order valence-electron chi connectivity index (χ2n) is 4.43. The molecule has 0 spiro atoms. The Balaban J connectivity index is 2.96. The number of hydrogen-bond donors (Lipinski definition) is 1. The number of hydrogen-bond acceptors (Lipinski definition) is 1. The maximum atomic E-state index is 10.8. The third-order valence-corrected chi connectivity index (χ3v) is 3.11. The van der Waals surface area contributed by atoms with Gasteiger partial charge in [-0.1, -0.05) is 56.3 Å². The van der Waals surface area contributed by atoms with Crippen molar-refractivity contribution in [1.82, 2.24) is 0 Å². The lowest BCUT2D eigenvalue weighted by Crippen LogP contribution is -2.27. The number of rotatable bonds is 7. The van der Waals surface area contributed by atoms with Crippen LogP contribution in [-0.2, 0) is 5.60 Å². The quantitative estimate of drug-likeness (QED) is 0.696. The highest BCUT2D eigenvalue weighted by molar-refractivity contribution is 5.32. The van der Waals surface area contributed by atoms with Crippen LogP contribution in [-0.4, -0.2) is 5.11 Å². The highest BCUT2D eigenvalue weighted by Gasteiger charge is 2.30. The molecule has 0 saturated carbocycles. The van der Waals surface area contributed by atoms with Crippen molar-refractivity contribution in [3.63, 3.8) is 0 Å². The summed E-state index contributed by atoms with van der Waals surface area (Å²) >= 11 is 0. The highest BCUT2D eigenvalue weighted by Crippen LogP contribution is 2.34. The van der Waals surface area contributed by atoms with E-state index in [4.69, 9.17) is 0 Å². The van der Waals surface area contributed by atoms with Crippen LogP contribution in [0.5, 0.6) is 0 Å². The maximum absolute atomic E-state index is 10.8. The van der Waals surface area contributed by atoms with Crippen LogP contribution in [0.2, 0.25) is 0 Å². The molecule has 0 aliphatic rings. The molecule has 0 saturated heterocycles. The third kappa shape index (κ3) is 3.31. The molecule has 92 valence electrons. The molecule has 1 N–H and O–H groups in total. The van der Waals surface area contributed by atoms with Crippen molar-refractivity contribution in [2.24, 2.45) is 0 Å². The fraction of sp³-hybridized carbons (Fsp3) is 0.375. The molecule has 0 aliphatic heterocycles. The molecule has 1 nitrogen and oxygen atoms in total. The van der Waals surface area contributed by atoms with E-state index in [0.717, 1.165) is 30.4 Å². The van der Waals surface area contributed by atoms with Gasteiger partial charge in [-0.05, 0) is 24.0 Å². The van der Waals surface area contributed by atoms with E-state index in [1.165, 1.54) is 0 Å². The van der Waals surface area contributed by atoms with Gasteiger partial charge in [-0.3, -0.25) is 0 Å². The predicted octanol–water partition coefficient (Wildman–Crippen LogP) is 4.20. The van der Waals surface area contributed by atoms with Crippen LogP contribution in [0.3, 0.4) is 0 Å². The maximum Gasteiger partial charge on any atom is 0.114 e. The van der Waals surface area contributed by atoms with Crippen LogP contribution in [0.15, 0.2) is 55.1 Å². The fourth-order valence-corrected chi connectivity index (χ4v) is 1.99. The summed E-state index contributed by atoms with van der Waals surface area (Å²) in [4.78, 5) is 0. The van der Waals surface area contributed by atoms with Gasteiger partial charge in [0.15, 0.2) is 0 Å². The molecule has 1 atom stereocenters. The van der Waals surface area contributed by atoms with Gasteiger partial charge in [0.2, 0.25) is 0 Å². The molecule has 0 fully saturated rings. The number of unbranched alkanes of at least 4 members (excludes halogenated alkanes) is 1. The zero-order valence-electron chi connectivity index (χ0n) is 10.7. The number of aliphatic hydroxyl groups is 1. The first kappa shape index (κ1) is 13.7. The van der Waals surface area contributed by atoms with E-state index in [0.29, 0.717) is 6.42 Å². The topological polar surface area (TPSA) is 20.2 Å². The summed E-state index contributed by atoms with van der Waals surface area (Å²) in [5.74, 6) is 0. The van der Waals surface area contributed by atoms with Gasteiger partial charge in [0.25, 0.3) is 0 Å². The summed E-state index contributed by atoms with van der Waals surface area (Å²) in [6, 6.07) is 9.72. The Morgan fingerprint density at radius 2 is 2.00 bits per heavy atom. The normalized spacial score (nSPS) is 14.0. The second kappa shape index (κ2) is 6.41. The first-order chi connectivity index (χ1) is 8.15. The molecule has 1 rings (SSSR count). The van der Waals surface area contributed by atoms with E-state index >= 15 is 0 Å². The van der Waals surface area contributed by atoms with Gasteiger partial charge in [0.05, 0.1) is 0 Å². The third-order valence-electron chi connectivity index (χ3n) is 3.11. The minimum Gasteiger partial charge on any atom is -0.380 e. The molecule has 0 aliphatic carbocycles. The molecule has 1 aromatic rings. The largest absolute Gasteiger partial charge is 0.380 e. The van der Waals surface area contributed by atoms with Crippen LogP contribution >= 0.6 is 0 Å². The van der Waals surface area contributed by atoms with E-state index < -0.39 is 5.60 Å². The van der Waals surface area contributed by atoms with E-state index in [1.54, 1.807) is 6.08 Å². The summed E-state index contributed by atoms with van der Waals surface area (Å²) in [6.45, 7) is 9.94. The SMILES string of the molecule is C=CCC(O)(C(=C)CCCC)c1ccccc1. The molecule has 0 radical (unpaired) electrons. The molecular weight excluding hydrogens is 208 g/mol. The van der Waals surface area contributed by atoms with Crippen molar-refractivity contribution >= 4 is 0 Å². The molecule has 1 aromatic carbocycles. The van der Waals surface area contributed by atoms with Crippen molar-refractivity contribution in [1.29, 1.82) is 0 Å². The zero-order valence-corrected chi connectivity index (χ0v) is 10.7. The van der Waals surface area contributed by atoms with Crippen LogP contribution < -0.4 is 0 Å². The minimum atomic E-state index is -0.960. The van der Waals surface area contributed by atoms with Crippen molar-refractivity contribution in [3.8, 4) is 0 Å². The molecule has 0 amide bonds. The van der Waals surface area contributed by atoms with Crippen LogP contribution in [0.4, 0.5) is 0 Å². The van der Waals surface area contributed by atoms with Gasteiger partial charge in [-0.15, -0.1) is 6.58 Å². The lowest BCUT2D eigenvalue weighted by atomic mass is 9.82. The van der Waals surface area contributed by atoms with Crippen molar-refractivity contribution in [2.45, 2.75) is 38.2 Å². The first-order valence-corrected chi connectivity index (χ1v) is 6.22. The molecule has 1 unspecified atom stereocenters. The van der Waals surface area contributed by atoms with Crippen LogP contribution in [0, 0.1) is 0 Å². The van der Waals surface area contributed by atoms with Crippen molar-refractivity contribution in [2.75, 3.05) is 0 Å². The van der Waals surface area contributed by atoms with Crippen molar-refractivity contribution < 1.29 is 5.11 Å². The standard InChI is InChI=1S/C16H22O/c1-4-6-10-14(3)16(17,13-5-2)15-11-8-7-9-12-15/h5,7-9,11-12,17H,2-4,6,10,13H2,1H3. The minimum absolute atomic E-state index is 0.513. The molecule has 0 aromatic heterocycles. The fourth-order valence-electron chi connectivity index (χ4n) is 1.99.